The monoisotopic (exact) mass is 385 g/mol. The minimum atomic E-state index is -3.56. The Morgan fingerprint density at radius 3 is 2.46 bits per heavy atom. The lowest BCUT2D eigenvalue weighted by molar-refractivity contribution is 0.298. The van der Waals surface area contributed by atoms with E-state index >= 15 is 0 Å². The third-order valence-corrected chi connectivity index (χ3v) is 8.07. The topological polar surface area (TPSA) is 46.2 Å². The third kappa shape index (κ3) is 3.31. The summed E-state index contributed by atoms with van der Waals surface area (Å²) in [7, 11) is -3.56. The average molecular weight is 386 g/mol. The average Bonchev–Trinajstić information content (AvgIpc) is 3.22. The van der Waals surface area contributed by atoms with Crippen LogP contribution in [0.15, 0.2) is 64.9 Å². The second-order valence-electron chi connectivity index (χ2n) is 7.12. The molecule has 0 amide bonds. The lowest BCUT2D eigenvalue weighted by Gasteiger charge is -2.36. The summed E-state index contributed by atoms with van der Waals surface area (Å²) >= 11 is 1.74. The molecular formula is C21H23NO2S2. The van der Waals surface area contributed by atoms with Gasteiger partial charge in [0.1, 0.15) is 0 Å². The molecule has 3 aromatic rings. The van der Waals surface area contributed by atoms with Gasteiger partial charge in [-0.05, 0) is 35.7 Å². The van der Waals surface area contributed by atoms with Gasteiger partial charge in [-0.25, -0.2) is 13.1 Å². The normalized spacial score (nSPS) is 17.4. The van der Waals surface area contributed by atoms with E-state index in [0.29, 0.717) is 11.4 Å². The summed E-state index contributed by atoms with van der Waals surface area (Å²) < 4.78 is 29.1. The zero-order valence-electron chi connectivity index (χ0n) is 14.6. The van der Waals surface area contributed by atoms with Gasteiger partial charge in [-0.3, -0.25) is 0 Å². The summed E-state index contributed by atoms with van der Waals surface area (Å²) in [5, 5.41) is 3.81. The van der Waals surface area contributed by atoms with Crippen LogP contribution < -0.4 is 4.72 Å². The van der Waals surface area contributed by atoms with Crippen molar-refractivity contribution in [1.82, 2.24) is 4.72 Å². The van der Waals surface area contributed by atoms with Crippen LogP contribution in [-0.4, -0.2) is 15.0 Å². The maximum atomic E-state index is 13.1. The first-order valence-electron chi connectivity index (χ1n) is 9.12. The molecule has 3 nitrogen and oxygen atoms in total. The van der Waals surface area contributed by atoms with E-state index < -0.39 is 10.0 Å². The van der Waals surface area contributed by atoms with Gasteiger partial charge in [0.05, 0.1) is 4.90 Å². The highest BCUT2D eigenvalue weighted by Gasteiger charge is 2.36. The summed E-state index contributed by atoms with van der Waals surface area (Å²) in [5.41, 5.74) is -0.0654. The van der Waals surface area contributed by atoms with E-state index in [-0.39, 0.29) is 5.41 Å². The first-order valence-corrected chi connectivity index (χ1v) is 11.5. The Morgan fingerprint density at radius 1 is 0.923 bits per heavy atom. The largest absolute Gasteiger partial charge is 0.241 e. The summed E-state index contributed by atoms with van der Waals surface area (Å²) in [5.74, 6) is 0. The third-order valence-electron chi connectivity index (χ3n) is 5.49. The number of thiophene rings is 1. The number of fused-ring (bicyclic) bond motifs is 1. The fraction of sp³-hybridized carbons (Fsp3) is 0.333. The zero-order chi connectivity index (χ0) is 18.0. The van der Waals surface area contributed by atoms with Crippen LogP contribution in [0.4, 0.5) is 0 Å². The molecule has 1 heterocycles. The molecule has 0 radical (unpaired) electrons. The zero-order valence-corrected chi connectivity index (χ0v) is 16.3. The lowest BCUT2D eigenvalue weighted by Crippen LogP contribution is -2.41. The fourth-order valence-corrected chi connectivity index (χ4v) is 6.40. The van der Waals surface area contributed by atoms with Crippen molar-refractivity contribution >= 4 is 32.1 Å². The van der Waals surface area contributed by atoms with Gasteiger partial charge < -0.3 is 0 Å². The molecule has 1 aromatic heterocycles. The number of hydrogen-bond donors (Lipinski definition) is 1. The second kappa shape index (κ2) is 7.14. The highest BCUT2D eigenvalue weighted by atomic mass is 32.2. The van der Waals surface area contributed by atoms with Crippen molar-refractivity contribution in [2.45, 2.75) is 42.4 Å². The molecule has 0 aliphatic heterocycles. The fourth-order valence-electron chi connectivity index (χ4n) is 4.06. The molecule has 0 saturated heterocycles. The molecule has 1 aliphatic rings. The van der Waals surface area contributed by atoms with Gasteiger partial charge in [0.15, 0.2) is 0 Å². The summed E-state index contributed by atoms with van der Waals surface area (Å²) in [4.78, 5) is 1.67. The minimum absolute atomic E-state index is 0.0654. The van der Waals surface area contributed by atoms with Crippen molar-refractivity contribution in [3.8, 4) is 0 Å². The van der Waals surface area contributed by atoms with Gasteiger partial charge in [0, 0.05) is 22.2 Å². The molecule has 5 heteroatoms. The Labute approximate surface area is 159 Å². The van der Waals surface area contributed by atoms with Crippen molar-refractivity contribution < 1.29 is 8.42 Å². The number of nitrogens with one attached hydrogen (secondary N) is 1. The Bertz CT molecular complexity index is 983. The van der Waals surface area contributed by atoms with Gasteiger partial charge in [-0.15, -0.1) is 11.3 Å². The molecule has 1 fully saturated rings. The molecular weight excluding hydrogens is 362 g/mol. The Hall–Kier alpha value is -1.69. The van der Waals surface area contributed by atoms with E-state index in [9.17, 15) is 8.42 Å². The van der Waals surface area contributed by atoms with Crippen LogP contribution in [0.25, 0.3) is 10.8 Å². The number of sulfonamides is 1. The Balaban J connectivity index is 1.65. The predicted octanol–water partition coefficient (Wildman–Crippen LogP) is 5.08. The van der Waals surface area contributed by atoms with Crippen LogP contribution in [0.1, 0.15) is 37.0 Å². The van der Waals surface area contributed by atoms with Gasteiger partial charge in [-0.1, -0.05) is 61.7 Å². The van der Waals surface area contributed by atoms with Crippen LogP contribution >= 0.6 is 11.3 Å². The van der Waals surface area contributed by atoms with Crippen molar-refractivity contribution in [2.75, 3.05) is 6.54 Å². The molecule has 1 aliphatic carbocycles. The van der Waals surface area contributed by atoms with Crippen molar-refractivity contribution in [3.63, 3.8) is 0 Å². The Kier molecular flexibility index (Phi) is 4.86. The van der Waals surface area contributed by atoms with Gasteiger partial charge >= 0.3 is 0 Å². The van der Waals surface area contributed by atoms with E-state index in [2.05, 4.69) is 22.2 Å². The summed E-state index contributed by atoms with van der Waals surface area (Å²) in [6.07, 6.45) is 5.65. The molecule has 1 saturated carbocycles. The number of rotatable bonds is 5. The number of benzene rings is 2. The lowest BCUT2D eigenvalue weighted by atomic mass is 9.73. The first kappa shape index (κ1) is 17.7. The molecule has 136 valence electrons. The highest BCUT2D eigenvalue weighted by Crippen LogP contribution is 2.41. The van der Waals surface area contributed by atoms with Crippen LogP contribution in [0, 0.1) is 0 Å². The molecule has 0 atom stereocenters. The van der Waals surface area contributed by atoms with E-state index in [0.717, 1.165) is 36.5 Å². The standard InChI is InChI=1S/C21H23NO2S2/c23-26(24,19-11-6-9-17-8-2-3-10-18(17)19)22-16-21(13-4-1-5-14-21)20-12-7-15-25-20/h2-3,6-12,15,22H,1,4-5,13-14,16H2. The molecule has 0 bridgehead atoms. The maximum Gasteiger partial charge on any atom is 0.241 e. The van der Waals surface area contributed by atoms with Gasteiger partial charge in [0.2, 0.25) is 10.0 Å². The molecule has 1 N–H and O–H groups in total. The highest BCUT2D eigenvalue weighted by molar-refractivity contribution is 7.89. The van der Waals surface area contributed by atoms with Crippen molar-refractivity contribution in [3.05, 3.63) is 64.9 Å². The second-order valence-corrected chi connectivity index (χ2v) is 9.80. The van der Waals surface area contributed by atoms with E-state index in [1.54, 1.807) is 17.4 Å². The predicted molar refractivity (Wildman–Crippen MR) is 108 cm³/mol. The van der Waals surface area contributed by atoms with E-state index in [1.165, 1.54) is 11.3 Å². The van der Waals surface area contributed by atoms with Crippen LogP contribution in [-0.2, 0) is 15.4 Å². The quantitative estimate of drug-likeness (QED) is 0.665. The summed E-state index contributed by atoms with van der Waals surface area (Å²) in [6.45, 7) is 0.471. The van der Waals surface area contributed by atoms with Gasteiger partial charge in [-0.2, -0.15) is 0 Å². The minimum Gasteiger partial charge on any atom is -0.210 e. The van der Waals surface area contributed by atoms with E-state index in [4.69, 9.17) is 0 Å². The SMILES string of the molecule is O=S(=O)(NCC1(c2cccs2)CCCCC1)c1cccc2ccccc12. The molecule has 2 aromatic carbocycles. The molecule has 26 heavy (non-hydrogen) atoms. The summed E-state index contributed by atoms with van der Waals surface area (Å²) in [6, 6.07) is 17.3. The van der Waals surface area contributed by atoms with Crippen molar-refractivity contribution in [2.24, 2.45) is 0 Å². The number of hydrogen-bond acceptors (Lipinski definition) is 3. The van der Waals surface area contributed by atoms with Gasteiger partial charge in [0.25, 0.3) is 0 Å². The van der Waals surface area contributed by atoms with E-state index in [1.807, 2.05) is 36.4 Å². The van der Waals surface area contributed by atoms with Crippen molar-refractivity contribution in [1.29, 1.82) is 0 Å². The smallest absolute Gasteiger partial charge is 0.210 e. The van der Waals surface area contributed by atoms with Crippen LogP contribution in [0.3, 0.4) is 0 Å². The molecule has 0 spiro atoms. The maximum absolute atomic E-state index is 13.1. The molecule has 0 unspecified atom stereocenters. The Morgan fingerprint density at radius 2 is 1.69 bits per heavy atom. The van der Waals surface area contributed by atoms with Crippen LogP contribution in [0.5, 0.6) is 0 Å². The first-order chi connectivity index (χ1) is 12.6. The molecule has 4 rings (SSSR count). The van der Waals surface area contributed by atoms with Crippen LogP contribution in [0.2, 0.25) is 0 Å².